The fourth-order valence-corrected chi connectivity index (χ4v) is 4.16. The third-order valence-electron chi connectivity index (χ3n) is 4.95. The molecule has 0 N–H and O–H groups in total. The number of anilines is 2. The van der Waals surface area contributed by atoms with E-state index in [0.29, 0.717) is 13.1 Å². The third kappa shape index (κ3) is 3.89. The number of thiazole rings is 1. The summed E-state index contributed by atoms with van der Waals surface area (Å²) in [5, 5.41) is 0. The summed E-state index contributed by atoms with van der Waals surface area (Å²) in [4.78, 5) is 33.3. The highest BCUT2D eigenvalue weighted by Gasteiger charge is 2.26. The zero-order valence-electron chi connectivity index (χ0n) is 15.7. The Morgan fingerprint density at radius 3 is 2.44 bits per heavy atom. The van der Waals surface area contributed by atoms with Crippen LogP contribution in [0.4, 0.5) is 11.8 Å². The van der Waals surface area contributed by atoms with Crippen molar-refractivity contribution in [2.45, 2.75) is 13.8 Å². The van der Waals surface area contributed by atoms with Gasteiger partial charge in [-0.25, -0.2) is 9.97 Å². The first-order valence-electron chi connectivity index (χ1n) is 9.24. The molecule has 0 bridgehead atoms. The lowest BCUT2D eigenvalue weighted by atomic mass is 10.3. The van der Waals surface area contributed by atoms with Crippen LogP contribution in [0, 0.1) is 13.8 Å². The predicted octanol–water partition coefficient (Wildman–Crippen LogP) is 1.35. The van der Waals surface area contributed by atoms with Gasteiger partial charge in [0.1, 0.15) is 10.7 Å². The second-order valence-corrected chi connectivity index (χ2v) is 7.67. The van der Waals surface area contributed by atoms with E-state index in [4.69, 9.17) is 9.72 Å². The molecule has 0 radical (unpaired) electrons. The number of hydrogen-bond donors (Lipinski definition) is 0. The Morgan fingerprint density at radius 1 is 1.04 bits per heavy atom. The SMILES string of the molecule is Cc1cc(N2CCOCC2)nc(N2CCN(C(=O)c3scnc3C)CC2)n1. The lowest BCUT2D eigenvalue weighted by Gasteiger charge is -2.35. The van der Waals surface area contributed by atoms with E-state index in [1.54, 1.807) is 5.51 Å². The van der Waals surface area contributed by atoms with E-state index in [9.17, 15) is 4.79 Å². The number of nitrogens with zero attached hydrogens (tertiary/aromatic N) is 6. The average molecular weight is 388 g/mol. The van der Waals surface area contributed by atoms with Gasteiger partial charge in [-0.2, -0.15) is 4.98 Å². The van der Waals surface area contributed by atoms with Gasteiger partial charge in [0.2, 0.25) is 5.95 Å². The minimum absolute atomic E-state index is 0.0776. The highest BCUT2D eigenvalue weighted by molar-refractivity contribution is 7.11. The molecule has 8 nitrogen and oxygen atoms in total. The summed E-state index contributed by atoms with van der Waals surface area (Å²) in [5.41, 5.74) is 3.50. The molecule has 2 fully saturated rings. The van der Waals surface area contributed by atoms with Crippen LogP contribution in [0.5, 0.6) is 0 Å². The first kappa shape index (κ1) is 18.1. The van der Waals surface area contributed by atoms with Crippen LogP contribution in [0.15, 0.2) is 11.6 Å². The number of rotatable bonds is 3. The number of morpholine rings is 1. The topological polar surface area (TPSA) is 74.7 Å². The number of carbonyl (C=O) groups is 1. The average Bonchev–Trinajstić information content (AvgIpc) is 3.13. The molecular weight excluding hydrogens is 364 g/mol. The highest BCUT2D eigenvalue weighted by Crippen LogP contribution is 2.21. The summed E-state index contributed by atoms with van der Waals surface area (Å²) in [5.74, 6) is 1.78. The number of aromatic nitrogens is 3. The number of hydrogen-bond acceptors (Lipinski definition) is 8. The van der Waals surface area contributed by atoms with Gasteiger partial charge in [-0.1, -0.05) is 0 Å². The zero-order valence-corrected chi connectivity index (χ0v) is 16.5. The fraction of sp³-hybridized carbons (Fsp3) is 0.556. The summed E-state index contributed by atoms with van der Waals surface area (Å²) in [6, 6.07) is 2.03. The number of piperazine rings is 1. The summed E-state index contributed by atoms with van der Waals surface area (Å²) in [7, 11) is 0. The van der Waals surface area contributed by atoms with Crippen LogP contribution in [0.3, 0.4) is 0 Å². The lowest BCUT2D eigenvalue weighted by molar-refractivity contribution is 0.0750. The molecule has 2 saturated heterocycles. The van der Waals surface area contributed by atoms with E-state index in [2.05, 4.69) is 19.8 Å². The Hall–Kier alpha value is -2.26. The molecule has 4 heterocycles. The van der Waals surface area contributed by atoms with E-state index >= 15 is 0 Å². The van der Waals surface area contributed by atoms with Crippen LogP contribution in [-0.4, -0.2) is 78.2 Å². The van der Waals surface area contributed by atoms with Gasteiger partial charge in [0.25, 0.3) is 5.91 Å². The van der Waals surface area contributed by atoms with Crippen molar-refractivity contribution in [3.8, 4) is 0 Å². The summed E-state index contributed by atoms with van der Waals surface area (Å²) < 4.78 is 5.43. The molecule has 0 spiro atoms. The summed E-state index contributed by atoms with van der Waals surface area (Å²) >= 11 is 1.41. The highest BCUT2D eigenvalue weighted by atomic mass is 32.1. The van der Waals surface area contributed by atoms with Crippen molar-refractivity contribution in [2.24, 2.45) is 0 Å². The molecule has 144 valence electrons. The largest absolute Gasteiger partial charge is 0.378 e. The van der Waals surface area contributed by atoms with E-state index in [1.807, 2.05) is 24.8 Å². The van der Waals surface area contributed by atoms with Crippen LogP contribution >= 0.6 is 11.3 Å². The second-order valence-electron chi connectivity index (χ2n) is 6.81. The number of carbonyl (C=O) groups excluding carboxylic acids is 1. The summed E-state index contributed by atoms with van der Waals surface area (Å²) in [6.45, 7) is 9.85. The minimum Gasteiger partial charge on any atom is -0.378 e. The molecule has 27 heavy (non-hydrogen) atoms. The molecule has 0 unspecified atom stereocenters. The molecule has 2 aliphatic rings. The van der Waals surface area contributed by atoms with Crippen LogP contribution in [0.2, 0.25) is 0 Å². The maximum atomic E-state index is 12.7. The molecule has 1 amide bonds. The zero-order chi connectivity index (χ0) is 18.8. The molecule has 2 aromatic heterocycles. The van der Waals surface area contributed by atoms with Gasteiger partial charge in [-0.05, 0) is 13.8 Å². The molecular formula is C18H24N6O2S. The molecule has 2 aliphatic heterocycles. The first-order chi connectivity index (χ1) is 13.1. The first-order valence-corrected chi connectivity index (χ1v) is 10.1. The molecule has 0 saturated carbocycles. The Kier molecular flexibility index (Phi) is 5.22. The van der Waals surface area contributed by atoms with Gasteiger partial charge in [0, 0.05) is 51.0 Å². The molecule has 0 atom stereocenters. The maximum absolute atomic E-state index is 12.7. The number of aryl methyl sites for hydroxylation is 2. The van der Waals surface area contributed by atoms with Crippen molar-refractivity contribution in [2.75, 3.05) is 62.3 Å². The summed E-state index contributed by atoms with van der Waals surface area (Å²) in [6.07, 6.45) is 0. The van der Waals surface area contributed by atoms with Gasteiger partial charge in [-0.15, -0.1) is 11.3 Å². The van der Waals surface area contributed by atoms with Crippen molar-refractivity contribution >= 4 is 29.0 Å². The Labute approximate surface area is 162 Å². The lowest BCUT2D eigenvalue weighted by Crippen LogP contribution is -2.49. The van der Waals surface area contributed by atoms with Crippen LogP contribution in [0.25, 0.3) is 0 Å². The van der Waals surface area contributed by atoms with Crippen molar-refractivity contribution in [3.05, 3.63) is 27.8 Å². The number of ether oxygens (including phenoxy) is 1. The molecule has 2 aromatic rings. The van der Waals surface area contributed by atoms with Gasteiger partial charge in [0.15, 0.2) is 0 Å². The van der Waals surface area contributed by atoms with Gasteiger partial charge >= 0.3 is 0 Å². The Balaban J connectivity index is 1.44. The smallest absolute Gasteiger partial charge is 0.265 e. The quantitative estimate of drug-likeness (QED) is 0.786. The monoisotopic (exact) mass is 388 g/mol. The van der Waals surface area contributed by atoms with Crippen molar-refractivity contribution in [1.82, 2.24) is 19.9 Å². The molecule has 9 heteroatoms. The number of amides is 1. The van der Waals surface area contributed by atoms with E-state index in [-0.39, 0.29) is 5.91 Å². The van der Waals surface area contributed by atoms with Gasteiger partial charge in [0.05, 0.1) is 24.4 Å². The Morgan fingerprint density at radius 2 is 1.78 bits per heavy atom. The van der Waals surface area contributed by atoms with E-state index < -0.39 is 0 Å². The standard InChI is InChI=1S/C18H24N6O2S/c1-13-11-15(22-7-9-26-10-8-22)21-18(20-13)24-5-3-23(4-6-24)17(25)16-14(2)19-12-27-16/h11-12H,3-10H2,1-2H3. The minimum atomic E-state index is 0.0776. The predicted molar refractivity (Wildman–Crippen MR) is 105 cm³/mol. The third-order valence-corrected chi connectivity index (χ3v) is 5.87. The maximum Gasteiger partial charge on any atom is 0.265 e. The van der Waals surface area contributed by atoms with Gasteiger partial charge < -0.3 is 19.4 Å². The van der Waals surface area contributed by atoms with Crippen LogP contribution < -0.4 is 9.80 Å². The fourth-order valence-electron chi connectivity index (χ4n) is 3.39. The molecule has 4 rings (SSSR count). The van der Waals surface area contributed by atoms with E-state index in [0.717, 1.165) is 67.4 Å². The van der Waals surface area contributed by atoms with Crippen LogP contribution in [-0.2, 0) is 4.74 Å². The van der Waals surface area contributed by atoms with E-state index in [1.165, 1.54) is 11.3 Å². The second kappa shape index (κ2) is 7.77. The normalized spacial score (nSPS) is 18.1. The molecule has 0 aromatic carbocycles. The van der Waals surface area contributed by atoms with Crippen molar-refractivity contribution < 1.29 is 9.53 Å². The Bertz CT molecular complexity index is 812. The molecule has 0 aliphatic carbocycles. The van der Waals surface area contributed by atoms with Crippen LogP contribution in [0.1, 0.15) is 21.1 Å². The van der Waals surface area contributed by atoms with Gasteiger partial charge in [-0.3, -0.25) is 4.79 Å². The van der Waals surface area contributed by atoms with Crippen molar-refractivity contribution in [3.63, 3.8) is 0 Å². The van der Waals surface area contributed by atoms with Crippen molar-refractivity contribution in [1.29, 1.82) is 0 Å².